The van der Waals surface area contributed by atoms with Crippen LogP contribution in [0.25, 0.3) is 0 Å². The van der Waals surface area contributed by atoms with Crippen LogP contribution in [0.15, 0.2) is 48.5 Å². The molecule has 0 heterocycles. The molecule has 0 N–H and O–H groups in total. The van der Waals surface area contributed by atoms with Crippen LogP contribution in [0, 0.1) is 11.3 Å². The highest BCUT2D eigenvalue weighted by atomic mass is 35.5. The van der Waals surface area contributed by atoms with E-state index in [2.05, 4.69) is 11.0 Å². The number of hydrogen-bond acceptors (Lipinski definition) is 4. The molecule has 0 radical (unpaired) electrons. The minimum Gasteiger partial charge on any atom is -0.492 e. The summed E-state index contributed by atoms with van der Waals surface area (Å²) < 4.78 is 11.3. The monoisotopic (exact) mass is 330 g/mol. The number of benzene rings is 2. The van der Waals surface area contributed by atoms with Gasteiger partial charge in [-0.25, -0.2) is 0 Å². The van der Waals surface area contributed by atoms with E-state index in [0.29, 0.717) is 29.5 Å². The molecule has 2 rings (SSSR count). The number of halogens is 1. The van der Waals surface area contributed by atoms with Gasteiger partial charge in [0.15, 0.2) is 0 Å². The summed E-state index contributed by atoms with van der Waals surface area (Å²) in [6.45, 7) is 2.62. The minimum absolute atomic E-state index is 0.520. The second-order valence-electron chi connectivity index (χ2n) is 5.07. The van der Waals surface area contributed by atoms with Gasteiger partial charge >= 0.3 is 0 Å². The molecule has 0 aliphatic carbocycles. The number of likely N-dealkylation sites (N-methyl/N-ethyl adjacent to an activating group) is 1. The molecular weight excluding hydrogens is 312 g/mol. The molecule has 120 valence electrons. The van der Waals surface area contributed by atoms with E-state index in [1.807, 2.05) is 37.4 Å². The SMILES string of the molecule is CN(CCOc1cccc(Cl)c1)CCOc1ccccc1C#N. The Morgan fingerprint density at radius 1 is 1.04 bits per heavy atom. The van der Waals surface area contributed by atoms with Gasteiger partial charge in [0.25, 0.3) is 0 Å². The zero-order chi connectivity index (χ0) is 16.5. The van der Waals surface area contributed by atoms with Crippen LogP contribution in [-0.4, -0.2) is 38.3 Å². The predicted molar refractivity (Wildman–Crippen MR) is 91.1 cm³/mol. The van der Waals surface area contributed by atoms with Gasteiger partial charge in [-0.1, -0.05) is 29.8 Å². The van der Waals surface area contributed by atoms with Gasteiger partial charge in [0, 0.05) is 18.1 Å². The van der Waals surface area contributed by atoms with E-state index in [9.17, 15) is 0 Å². The number of para-hydroxylation sites is 1. The Labute approximate surface area is 141 Å². The lowest BCUT2D eigenvalue weighted by Crippen LogP contribution is -2.28. The zero-order valence-corrected chi connectivity index (χ0v) is 13.8. The predicted octanol–water partition coefficient (Wildman–Crippen LogP) is 3.60. The first kappa shape index (κ1) is 17.1. The standard InChI is InChI=1S/C18H19ClN2O2/c1-21(9-11-22-17-7-4-6-16(19)13-17)10-12-23-18-8-3-2-5-15(18)14-20/h2-8,13H,9-12H2,1H3. The molecule has 0 aromatic heterocycles. The van der Waals surface area contributed by atoms with Crippen molar-refractivity contribution in [3.63, 3.8) is 0 Å². The third kappa shape index (κ3) is 5.82. The molecule has 5 heteroatoms. The summed E-state index contributed by atoms with van der Waals surface area (Å²) in [5.41, 5.74) is 0.555. The van der Waals surface area contributed by atoms with Crippen molar-refractivity contribution < 1.29 is 9.47 Å². The van der Waals surface area contributed by atoms with Gasteiger partial charge < -0.3 is 9.47 Å². The molecule has 0 saturated carbocycles. The van der Waals surface area contributed by atoms with Gasteiger partial charge in [-0.2, -0.15) is 5.26 Å². The molecule has 0 unspecified atom stereocenters. The number of ether oxygens (including phenoxy) is 2. The van der Waals surface area contributed by atoms with Crippen LogP contribution in [0.1, 0.15) is 5.56 Å². The fourth-order valence-corrected chi connectivity index (χ4v) is 2.16. The van der Waals surface area contributed by atoms with E-state index in [0.717, 1.165) is 18.8 Å². The number of nitrogens with zero attached hydrogens (tertiary/aromatic N) is 2. The summed E-state index contributed by atoms with van der Waals surface area (Å²) in [7, 11) is 2.00. The summed E-state index contributed by atoms with van der Waals surface area (Å²) in [5.74, 6) is 1.39. The molecule has 2 aromatic rings. The molecule has 0 aliphatic heterocycles. The molecule has 0 bridgehead atoms. The molecule has 0 aliphatic rings. The molecule has 0 atom stereocenters. The van der Waals surface area contributed by atoms with Crippen molar-refractivity contribution in [3.05, 3.63) is 59.1 Å². The van der Waals surface area contributed by atoms with E-state index >= 15 is 0 Å². The minimum atomic E-state index is 0.520. The third-order valence-electron chi connectivity index (χ3n) is 3.28. The summed E-state index contributed by atoms with van der Waals surface area (Å²) in [4.78, 5) is 2.11. The van der Waals surface area contributed by atoms with E-state index in [4.69, 9.17) is 26.3 Å². The summed E-state index contributed by atoms with van der Waals surface area (Å²) in [6.07, 6.45) is 0. The Morgan fingerprint density at radius 2 is 1.78 bits per heavy atom. The highest BCUT2D eigenvalue weighted by Crippen LogP contribution is 2.17. The highest BCUT2D eigenvalue weighted by molar-refractivity contribution is 6.30. The van der Waals surface area contributed by atoms with Gasteiger partial charge in [0.05, 0.1) is 5.56 Å². The summed E-state index contributed by atoms with van der Waals surface area (Å²) in [5, 5.41) is 9.67. The van der Waals surface area contributed by atoms with Crippen molar-refractivity contribution in [1.29, 1.82) is 5.26 Å². The lowest BCUT2D eigenvalue weighted by Gasteiger charge is -2.17. The van der Waals surface area contributed by atoms with Crippen LogP contribution in [0.4, 0.5) is 0 Å². The zero-order valence-electron chi connectivity index (χ0n) is 13.0. The first-order chi connectivity index (χ1) is 11.2. The summed E-state index contributed by atoms with van der Waals surface area (Å²) >= 11 is 5.91. The second-order valence-corrected chi connectivity index (χ2v) is 5.50. The maximum Gasteiger partial charge on any atom is 0.137 e. The highest BCUT2D eigenvalue weighted by Gasteiger charge is 2.03. The van der Waals surface area contributed by atoms with E-state index in [-0.39, 0.29) is 0 Å². The van der Waals surface area contributed by atoms with Gasteiger partial charge in [-0.3, -0.25) is 4.90 Å². The third-order valence-corrected chi connectivity index (χ3v) is 3.51. The Hall–Kier alpha value is -2.22. The topological polar surface area (TPSA) is 45.5 Å². The van der Waals surface area contributed by atoms with Gasteiger partial charge in [0.1, 0.15) is 30.8 Å². The van der Waals surface area contributed by atoms with Crippen LogP contribution in [0.5, 0.6) is 11.5 Å². The molecule has 2 aromatic carbocycles. The molecule has 4 nitrogen and oxygen atoms in total. The first-order valence-electron chi connectivity index (χ1n) is 7.38. The number of hydrogen-bond donors (Lipinski definition) is 0. The average molecular weight is 331 g/mol. The summed E-state index contributed by atoms with van der Waals surface area (Å²) in [6, 6.07) is 16.7. The van der Waals surface area contributed by atoms with Crippen LogP contribution >= 0.6 is 11.6 Å². The van der Waals surface area contributed by atoms with Gasteiger partial charge in [-0.15, -0.1) is 0 Å². The molecular formula is C18H19ClN2O2. The van der Waals surface area contributed by atoms with Crippen LogP contribution in [-0.2, 0) is 0 Å². The van der Waals surface area contributed by atoms with Crippen molar-refractivity contribution in [2.45, 2.75) is 0 Å². The molecule has 0 saturated heterocycles. The molecule has 0 spiro atoms. The van der Waals surface area contributed by atoms with E-state index in [1.165, 1.54) is 0 Å². The molecule has 0 fully saturated rings. The van der Waals surface area contributed by atoms with Gasteiger partial charge in [0.2, 0.25) is 0 Å². The van der Waals surface area contributed by atoms with Crippen molar-refractivity contribution in [2.24, 2.45) is 0 Å². The maximum absolute atomic E-state index is 9.00. The lowest BCUT2D eigenvalue weighted by atomic mass is 10.2. The Morgan fingerprint density at radius 3 is 2.52 bits per heavy atom. The fourth-order valence-electron chi connectivity index (χ4n) is 1.98. The van der Waals surface area contributed by atoms with Crippen LogP contribution in [0.2, 0.25) is 5.02 Å². The number of nitriles is 1. The smallest absolute Gasteiger partial charge is 0.137 e. The van der Waals surface area contributed by atoms with Crippen molar-refractivity contribution in [2.75, 3.05) is 33.4 Å². The normalized spacial score (nSPS) is 10.3. The van der Waals surface area contributed by atoms with E-state index in [1.54, 1.807) is 18.2 Å². The number of rotatable bonds is 8. The quantitative estimate of drug-likeness (QED) is 0.742. The van der Waals surface area contributed by atoms with Gasteiger partial charge in [-0.05, 0) is 37.4 Å². The van der Waals surface area contributed by atoms with Crippen molar-refractivity contribution in [3.8, 4) is 17.6 Å². The Bertz CT molecular complexity index is 670. The molecule has 0 amide bonds. The van der Waals surface area contributed by atoms with Crippen LogP contribution < -0.4 is 9.47 Å². The maximum atomic E-state index is 9.00. The average Bonchev–Trinajstić information content (AvgIpc) is 2.55. The van der Waals surface area contributed by atoms with Crippen molar-refractivity contribution >= 4 is 11.6 Å². The van der Waals surface area contributed by atoms with E-state index < -0.39 is 0 Å². The largest absolute Gasteiger partial charge is 0.492 e. The fraction of sp³-hybridized carbons (Fsp3) is 0.278. The van der Waals surface area contributed by atoms with Crippen molar-refractivity contribution in [1.82, 2.24) is 4.90 Å². The lowest BCUT2D eigenvalue weighted by molar-refractivity contribution is 0.202. The van der Waals surface area contributed by atoms with Crippen LogP contribution in [0.3, 0.4) is 0 Å². The first-order valence-corrected chi connectivity index (χ1v) is 7.75. The second kappa shape index (κ2) is 9.04. The molecule has 23 heavy (non-hydrogen) atoms. The Kier molecular flexibility index (Phi) is 6.74. The Balaban J connectivity index is 1.67.